The van der Waals surface area contributed by atoms with Gasteiger partial charge in [-0.15, -0.1) is 4.28 Å². The van der Waals surface area contributed by atoms with Crippen molar-refractivity contribution >= 4 is 22.3 Å². The van der Waals surface area contributed by atoms with Gasteiger partial charge in [0.05, 0.1) is 13.2 Å². The number of amides is 3. The molecule has 2 heterocycles. The molecule has 2 aliphatic heterocycles. The maximum atomic E-state index is 12.6. The quantitative estimate of drug-likeness (QED) is 0.327. The molecule has 0 unspecified atom stereocenters. The second-order valence-electron chi connectivity index (χ2n) is 5.77. The topological polar surface area (TPSA) is 151 Å². The van der Waals surface area contributed by atoms with Gasteiger partial charge in [-0.25, -0.2) is 10.3 Å². The van der Waals surface area contributed by atoms with Crippen LogP contribution in [0.15, 0.2) is 24.3 Å². The van der Waals surface area contributed by atoms with Crippen LogP contribution in [-0.4, -0.2) is 54.6 Å². The lowest BCUT2D eigenvalue weighted by Crippen LogP contribution is -2.43. The summed E-state index contributed by atoms with van der Waals surface area (Å²) in [5, 5.41) is 0.552. The number of hydroxylamine groups is 3. The fourth-order valence-corrected chi connectivity index (χ4v) is 3.44. The Kier molecular flexibility index (Phi) is 5.11. The first-order valence-corrected chi connectivity index (χ1v) is 9.17. The third-order valence-corrected chi connectivity index (χ3v) is 4.44. The van der Waals surface area contributed by atoms with Crippen LogP contribution in [0.2, 0.25) is 0 Å². The summed E-state index contributed by atoms with van der Waals surface area (Å²) in [6, 6.07) is 4.04. The third kappa shape index (κ3) is 3.50. The fraction of sp³-hybridized carbons (Fsp3) is 0.429. The van der Waals surface area contributed by atoms with Gasteiger partial charge in [0.15, 0.2) is 0 Å². The van der Waals surface area contributed by atoms with Gasteiger partial charge in [0, 0.05) is 0 Å². The van der Waals surface area contributed by atoms with Crippen LogP contribution in [-0.2, 0) is 24.3 Å². The van der Waals surface area contributed by atoms with Crippen LogP contribution in [0.5, 0.6) is 0 Å². The number of carbonyl (C=O) groups is 2. The number of urea groups is 1. The van der Waals surface area contributed by atoms with Crippen LogP contribution in [0.1, 0.15) is 29.6 Å². The van der Waals surface area contributed by atoms with Crippen LogP contribution in [0.4, 0.5) is 4.79 Å². The molecule has 1 aromatic carbocycles. The molecule has 12 heteroatoms. The first kappa shape index (κ1) is 18.5. The van der Waals surface area contributed by atoms with E-state index in [1.807, 2.05) is 0 Å². The summed E-state index contributed by atoms with van der Waals surface area (Å²) in [4.78, 5) is 31.3. The Balaban J connectivity index is 1.89. The summed E-state index contributed by atoms with van der Waals surface area (Å²) in [5.41, 5.74) is 8.68. The molecule has 1 saturated heterocycles. The molecule has 0 aromatic heterocycles. The van der Waals surface area contributed by atoms with E-state index in [9.17, 15) is 18.0 Å². The average Bonchev–Trinajstić information content (AvgIpc) is 2.84. The van der Waals surface area contributed by atoms with Crippen LogP contribution < -0.4 is 11.2 Å². The van der Waals surface area contributed by atoms with Crippen molar-refractivity contribution < 1.29 is 31.7 Å². The zero-order chi connectivity index (χ0) is 18.9. The molecule has 1 fully saturated rings. The second kappa shape index (κ2) is 7.17. The van der Waals surface area contributed by atoms with Gasteiger partial charge < -0.3 is 10.6 Å². The molecule has 2 aliphatic rings. The van der Waals surface area contributed by atoms with E-state index in [0.29, 0.717) is 29.2 Å². The molecule has 2 bridgehead atoms. The third-order valence-electron chi connectivity index (χ3n) is 4.09. The second-order valence-corrected chi connectivity index (χ2v) is 6.77. The lowest BCUT2D eigenvalue weighted by molar-refractivity contribution is -0.138. The van der Waals surface area contributed by atoms with Crippen LogP contribution >= 0.6 is 0 Å². The van der Waals surface area contributed by atoms with E-state index < -0.39 is 34.4 Å². The zero-order valence-electron chi connectivity index (χ0n) is 13.6. The summed E-state index contributed by atoms with van der Waals surface area (Å²) < 4.78 is 35.5. The van der Waals surface area contributed by atoms with E-state index >= 15 is 0 Å². The van der Waals surface area contributed by atoms with Gasteiger partial charge in [-0.2, -0.15) is 13.5 Å². The molecule has 142 valence electrons. The van der Waals surface area contributed by atoms with Gasteiger partial charge in [-0.1, -0.05) is 24.3 Å². The van der Waals surface area contributed by atoms with E-state index in [1.165, 1.54) is 0 Å². The summed E-state index contributed by atoms with van der Waals surface area (Å²) in [7, 11) is -4.90. The number of hydrogen-bond acceptors (Lipinski definition) is 7. The molecule has 3 rings (SSSR count). The molecular weight excluding hydrogens is 368 g/mol. The molecule has 2 atom stereocenters. The molecular formula is C14H18N4O7S. The van der Waals surface area contributed by atoms with Crippen LogP contribution in [0.3, 0.4) is 0 Å². The molecule has 3 amide bonds. The maximum Gasteiger partial charge on any atom is 0.418 e. The molecule has 1 aromatic rings. The molecule has 0 aliphatic carbocycles. The highest BCUT2D eigenvalue weighted by Crippen LogP contribution is 2.44. The van der Waals surface area contributed by atoms with Gasteiger partial charge in [0.2, 0.25) is 0 Å². The zero-order valence-corrected chi connectivity index (χ0v) is 14.4. The van der Waals surface area contributed by atoms with Crippen LogP contribution in [0, 0.1) is 0 Å². The number of nitrogens with one attached hydrogen (secondary N) is 1. The largest absolute Gasteiger partial charge is 0.418 e. The molecule has 0 radical (unpaired) electrons. The normalized spacial score (nSPS) is 21.7. The molecule has 0 saturated carbocycles. The maximum absolute atomic E-state index is 12.6. The van der Waals surface area contributed by atoms with E-state index in [-0.39, 0.29) is 13.2 Å². The summed E-state index contributed by atoms with van der Waals surface area (Å²) in [6.45, 7) is 0.633. The lowest BCUT2D eigenvalue weighted by atomic mass is 9.91. The van der Waals surface area contributed by atoms with Crippen molar-refractivity contribution in [1.29, 1.82) is 0 Å². The molecule has 0 spiro atoms. The first-order chi connectivity index (χ1) is 12.3. The van der Waals surface area contributed by atoms with Gasteiger partial charge in [0.1, 0.15) is 12.1 Å². The highest BCUT2D eigenvalue weighted by atomic mass is 32.3. The Hall–Kier alpha value is -2.25. The number of nitrogens with two attached hydrogens (primary N) is 1. The Labute approximate surface area is 149 Å². The number of rotatable bonds is 7. The monoisotopic (exact) mass is 386 g/mol. The average molecular weight is 386 g/mol. The van der Waals surface area contributed by atoms with Crippen molar-refractivity contribution in [3.05, 3.63) is 35.4 Å². The fourth-order valence-electron chi connectivity index (χ4n) is 3.07. The van der Waals surface area contributed by atoms with Crippen molar-refractivity contribution in [3.63, 3.8) is 0 Å². The Morgan fingerprint density at radius 3 is 2.69 bits per heavy atom. The van der Waals surface area contributed by atoms with Gasteiger partial charge in [0.25, 0.3) is 5.91 Å². The van der Waals surface area contributed by atoms with Crippen LogP contribution in [0.25, 0.3) is 0 Å². The Bertz CT molecular complexity index is 815. The summed E-state index contributed by atoms with van der Waals surface area (Å²) in [5.74, 6) is -0.588. The number of fused-ring (bicyclic) bond motifs is 4. The number of hydrogen-bond donors (Lipinski definition) is 3. The molecule has 26 heavy (non-hydrogen) atoms. The minimum Gasteiger partial charge on any atom is -0.330 e. The number of carbonyl (C=O) groups excluding carboxylic acids is 2. The number of benzene rings is 1. The van der Waals surface area contributed by atoms with Crippen molar-refractivity contribution in [2.24, 2.45) is 5.73 Å². The highest BCUT2D eigenvalue weighted by Gasteiger charge is 2.52. The molecule has 11 nitrogen and oxygen atoms in total. The van der Waals surface area contributed by atoms with E-state index in [2.05, 4.69) is 9.76 Å². The lowest BCUT2D eigenvalue weighted by Gasteiger charge is -2.31. The van der Waals surface area contributed by atoms with Gasteiger partial charge >= 0.3 is 16.4 Å². The minimum atomic E-state index is -4.90. The smallest absolute Gasteiger partial charge is 0.330 e. The van der Waals surface area contributed by atoms with Gasteiger partial charge in [-0.05, 0) is 24.1 Å². The Morgan fingerprint density at radius 2 is 2.04 bits per heavy atom. The SMILES string of the molecule is NCCCONC(=O)[C@@H]1c2ccccc2[C@@H]2CN1C(=O)N2OS(=O)(=O)O. The molecule has 4 N–H and O–H groups in total. The van der Waals surface area contributed by atoms with E-state index in [1.54, 1.807) is 24.3 Å². The van der Waals surface area contributed by atoms with Crippen molar-refractivity contribution in [2.45, 2.75) is 18.5 Å². The van der Waals surface area contributed by atoms with Gasteiger partial charge in [-0.3, -0.25) is 14.2 Å². The minimum absolute atomic E-state index is 0.0201. The van der Waals surface area contributed by atoms with Crippen molar-refractivity contribution in [3.8, 4) is 0 Å². The van der Waals surface area contributed by atoms with Crippen molar-refractivity contribution in [2.75, 3.05) is 19.7 Å². The van der Waals surface area contributed by atoms with Crippen molar-refractivity contribution in [1.82, 2.24) is 15.4 Å². The highest BCUT2D eigenvalue weighted by molar-refractivity contribution is 7.80. The Morgan fingerprint density at radius 1 is 1.35 bits per heavy atom. The first-order valence-electron chi connectivity index (χ1n) is 7.81. The van der Waals surface area contributed by atoms with E-state index in [0.717, 1.165) is 4.90 Å². The number of nitrogens with zero attached hydrogens (tertiary/aromatic N) is 2. The predicted octanol–water partition coefficient (Wildman–Crippen LogP) is -0.349. The predicted molar refractivity (Wildman–Crippen MR) is 86.3 cm³/mol. The standard InChI is InChI=1S/C14H18N4O7S/c15-6-3-7-24-16-13(19)12-10-5-2-1-4-9(10)11-8-17(12)14(20)18(11)25-26(21,22)23/h1-2,4-5,11-12H,3,6-8,15H2,(H,16,19)(H,21,22,23)/t11-,12-/m0/s1. The van der Waals surface area contributed by atoms with E-state index in [4.69, 9.17) is 15.1 Å². The summed E-state index contributed by atoms with van der Waals surface area (Å²) >= 11 is 0. The summed E-state index contributed by atoms with van der Waals surface area (Å²) in [6.07, 6.45) is 0.544.